The number of fused-ring (bicyclic) bond motifs is 3. The number of hydrogen-bond donors (Lipinski definition) is 1. The first-order chi connectivity index (χ1) is 17.4. The number of carbonyl (C=O) groups excluding carboxylic acids is 2. The Bertz CT molecular complexity index is 1440. The van der Waals surface area contributed by atoms with E-state index in [9.17, 15) is 9.59 Å². The molecule has 1 aliphatic rings. The third kappa shape index (κ3) is 5.05. The molecule has 0 radical (unpaired) electrons. The Labute approximate surface area is 222 Å². The van der Waals surface area contributed by atoms with E-state index in [-0.39, 0.29) is 18.3 Å². The third-order valence-electron chi connectivity index (χ3n) is 6.12. The number of benzene rings is 1. The maximum atomic E-state index is 13.0. The molecular formula is C27H27N3O3S3. The molecule has 186 valence electrons. The summed E-state index contributed by atoms with van der Waals surface area (Å²) in [6.45, 7) is 5.95. The van der Waals surface area contributed by atoms with Crippen LogP contribution >= 0.6 is 34.4 Å². The molecule has 4 aromatic rings. The maximum absolute atomic E-state index is 13.0. The molecule has 0 bridgehead atoms. The molecule has 1 aromatic carbocycles. The summed E-state index contributed by atoms with van der Waals surface area (Å²) in [5.41, 5.74) is 4.57. The molecule has 0 saturated carbocycles. The van der Waals surface area contributed by atoms with Crippen LogP contribution in [0.2, 0.25) is 0 Å². The number of anilines is 1. The fourth-order valence-corrected chi connectivity index (χ4v) is 7.67. The molecule has 0 saturated heterocycles. The van der Waals surface area contributed by atoms with Crippen LogP contribution in [0.5, 0.6) is 0 Å². The molecular weight excluding hydrogens is 511 g/mol. The van der Waals surface area contributed by atoms with Crippen LogP contribution in [0.4, 0.5) is 5.00 Å². The van der Waals surface area contributed by atoms with Crippen molar-refractivity contribution in [3.8, 4) is 11.1 Å². The molecule has 0 atom stereocenters. The minimum atomic E-state index is -0.435. The molecule has 6 nitrogen and oxygen atoms in total. The van der Waals surface area contributed by atoms with Crippen molar-refractivity contribution in [1.29, 1.82) is 0 Å². The fraction of sp³-hybridized carbons (Fsp3) is 0.333. The number of amides is 1. The number of nitrogens with one attached hydrogen (secondary N) is 1. The number of thioether (sulfide) groups is 1. The molecule has 3 heterocycles. The van der Waals surface area contributed by atoms with Gasteiger partial charge in [0, 0.05) is 21.2 Å². The lowest BCUT2D eigenvalue weighted by Gasteiger charge is -2.12. The predicted octanol–water partition coefficient (Wildman–Crippen LogP) is 6.82. The summed E-state index contributed by atoms with van der Waals surface area (Å²) < 4.78 is 5.32. The van der Waals surface area contributed by atoms with E-state index in [1.165, 1.54) is 46.4 Å². The van der Waals surface area contributed by atoms with Gasteiger partial charge in [0.05, 0.1) is 12.4 Å². The van der Waals surface area contributed by atoms with Gasteiger partial charge in [-0.05, 0) is 57.6 Å². The van der Waals surface area contributed by atoms with Gasteiger partial charge < -0.3 is 10.1 Å². The summed E-state index contributed by atoms with van der Waals surface area (Å²) in [4.78, 5) is 37.7. The van der Waals surface area contributed by atoms with Crippen molar-refractivity contribution in [2.24, 2.45) is 0 Å². The van der Waals surface area contributed by atoms with Crippen LogP contribution in [0.25, 0.3) is 21.3 Å². The molecule has 9 heteroatoms. The molecule has 3 aromatic heterocycles. The van der Waals surface area contributed by atoms with Gasteiger partial charge in [-0.25, -0.2) is 14.8 Å². The number of ether oxygens (including phenoxy) is 1. The second-order valence-corrected chi connectivity index (χ2v) is 11.7. The summed E-state index contributed by atoms with van der Waals surface area (Å²) in [6, 6.07) is 7.96. The standard InChI is InChI=1S/C27H27N3O3S3/c1-4-33-27(32)23-19(17-11-9-15(2)10-12-17)13-34-25(23)30-21(31)14-35-24-22-18-7-5-6-8-20(18)36-26(22)29-16(3)28-24/h9-13H,4-8,14H2,1-3H3,(H,30,31). The number of rotatable bonds is 7. The van der Waals surface area contributed by atoms with Gasteiger partial charge in [-0.2, -0.15) is 0 Å². The van der Waals surface area contributed by atoms with Crippen LogP contribution in [0.1, 0.15) is 52.0 Å². The Morgan fingerprint density at radius 1 is 1.11 bits per heavy atom. The summed E-state index contributed by atoms with van der Waals surface area (Å²) in [7, 11) is 0. The molecule has 0 unspecified atom stereocenters. The highest BCUT2D eigenvalue weighted by Gasteiger charge is 2.24. The first kappa shape index (κ1) is 24.9. The third-order valence-corrected chi connectivity index (χ3v) is 9.18. The van der Waals surface area contributed by atoms with Gasteiger partial charge in [-0.3, -0.25) is 4.79 Å². The smallest absolute Gasteiger partial charge is 0.341 e. The van der Waals surface area contributed by atoms with E-state index in [1.807, 2.05) is 43.5 Å². The Morgan fingerprint density at radius 2 is 1.89 bits per heavy atom. The molecule has 36 heavy (non-hydrogen) atoms. The van der Waals surface area contributed by atoms with Gasteiger partial charge >= 0.3 is 5.97 Å². The molecule has 0 aliphatic heterocycles. The number of nitrogens with zero attached hydrogens (tertiary/aromatic N) is 2. The number of thiophene rings is 2. The van der Waals surface area contributed by atoms with Crippen LogP contribution in [0.3, 0.4) is 0 Å². The molecule has 0 spiro atoms. The van der Waals surface area contributed by atoms with E-state index in [0.717, 1.165) is 50.6 Å². The second-order valence-electron chi connectivity index (χ2n) is 8.74. The van der Waals surface area contributed by atoms with E-state index < -0.39 is 5.97 Å². The normalized spacial score (nSPS) is 13.0. The zero-order chi connectivity index (χ0) is 25.2. The first-order valence-corrected chi connectivity index (χ1v) is 14.7. The second kappa shape index (κ2) is 10.7. The summed E-state index contributed by atoms with van der Waals surface area (Å²) in [5, 5.41) is 7.34. The minimum absolute atomic E-state index is 0.184. The Morgan fingerprint density at radius 3 is 2.67 bits per heavy atom. The zero-order valence-electron chi connectivity index (χ0n) is 20.5. The monoisotopic (exact) mass is 537 g/mol. The van der Waals surface area contributed by atoms with Gasteiger partial charge in [0.15, 0.2) is 0 Å². The SMILES string of the molecule is CCOC(=O)c1c(-c2ccc(C)cc2)csc1NC(=O)CSc1nc(C)nc2sc3c(c12)CCCC3. The minimum Gasteiger partial charge on any atom is -0.462 e. The topological polar surface area (TPSA) is 81.2 Å². The van der Waals surface area contributed by atoms with Gasteiger partial charge in [0.2, 0.25) is 5.91 Å². The number of carbonyl (C=O) groups is 2. The van der Waals surface area contributed by atoms with Crippen LogP contribution in [-0.2, 0) is 22.4 Å². The van der Waals surface area contributed by atoms with Crippen molar-refractivity contribution < 1.29 is 14.3 Å². The molecule has 1 aliphatic carbocycles. The van der Waals surface area contributed by atoms with Crippen molar-refractivity contribution in [1.82, 2.24) is 9.97 Å². The van der Waals surface area contributed by atoms with Crippen molar-refractivity contribution in [2.75, 3.05) is 17.7 Å². The molecule has 5 rings (SSSR count). The summed E-state index contributed by atoms with van der Waals surface area (Å²) in [5.74, 6) is 0.289. The quantitative estimate of drug-likeness (QED) is 0.158. The van der Waals surface area contributed by atoms with Crippen molar-refractivity contribution in [3.63, 3.8) is 0 Å². The number of aromatic nitrogens is 2. The fourth-order valence-electron chi connectivity index (χ4n) is 4.43. The lowest BCUT2D eigenvalue weighted by molar-refractivity contribution is -0.113. The summed E-state index contributed by atoms with van der Waals surface area (Å²) >= 11 is 4.53. The van der Waals surface area contributed by atoms with Gasteiger partial charge in [0.25, 0.3) is 0 Å². The number of esters is 1. The Balaban J connectivity index is 1.38. The number of aryl methyl sites for hydroxylation is 4. The summed E-state index contributed by atoms with van der Waals surface area (Å²) in [6.07, 6.45) is 4.53. The van der Waals surface area contributed by atoms with Crippen LogP contribution in [-0.4, -0.2) is 34.2 Å². The van der Waals surface area contributed by atoms with Gasteiger partial charge in [0.1, 0.15) is 26.2 Å². The molecule has 1 N–H and O–H groups in total. The van der Waals surface area contributed by atoms with Crippen LogP contribution in [0, 0.1) is 13.8 Å². The average molecular weight is 538 g/mol. The largest absolute Gasteiger partial charge is 0.462 e. The van der Waals surface area contributed by atoms with Crippen molar-refractivity contribution in [2.45, 2.75) is 51.5 Å². The highest BCUT2D eigenvalue weighted by molar-refractivity contribution is 8.00. The van der Waals surface area contributed by atoms with E-state index in [1.54, 1.807) is 18.3 Å². The average Bonchev–Trinajstić information content (AvgIpc) is 3.44. The first-order valence-electron chi connectivity index (χ1n) is 12.0. The van der Waals surface area contributed by atoms with Crippen molar-refractivity contribution >= 4 is 61.5 Å². The van der Waals surface area contributed by atoms with E-state index in [2.05, 4.69) is 15.3 Å². The van der Waals surface area contributed by atoms with E-state index in [4.69, 9.17) is 4.74 Å². The molecule has 1 amide bonds. The number of hydrogen-bond acceptors (Lipinski definition) is 8. The highest BCUT2D eigenvalue weighted by Crippen LogP contribution is 2.40. The molecule has 0 fully saturated rings. The van der Waals surface area contributed by atoms with Crippen LogP contribution < -0.4 is 5.32 Å². The lowest BCUT2D eigenvalue weighted by atomic mass is 9.97. The van der Waals surface area contributed by atoms with E-state index in [0.29, 0.717) is 10.6 Å². The van der Waals surface area contributed by atoms with Crippen molar-refractivity contribution in [3.05, 3.63) is 57.0 Å². The van der Waals surface area contributed by atoms with Crippen LogP contribution in [0.15, 0.2) is 34.7 Å². The maximum Gasteiger partial charge on any atom is 0.341 e. The van der Waals surface area contributed by atoms with Gasteiger partial charge in [-0.15, -0.1) is 22.7 Å². The van der Waals surface area contributed by atoms with E-state index >= 15 is 0 Å². The lowest BCUT2D eigenvalue weighted by Crippen LogP contribution is -2.16. The Kier molecular flexibility index (Phi) is 7.41. The predicted molar refractivity (Wildman–Crippen MR) is 149 cm³/mol. The highest BCUT2D eigenvalue weighted by atomic mass is 32.2. The zero-order valence-corrected chi connectivity index (χ0v) is 22.9. The Hall–Kier alpha value is -2.75. The van der Waals surface area contributed by atoms with Gasteiger partial charge in [-0.1, -0.05) is 41.6 Å².